The number of anilines is 1. The molecular formula is C25H23ClFNO3S. The number of hydrogen-bond donors (Lipinski definition) is 1. The predicted molar refractivity (Wildman–Crippen MR) is 127 cm³/mol. The number of aliphatic hydroxyl groups excluding tert-OH is 1. The molecule has 3 aromatic rings. The van der Waals surface area contributed by atoms with E-state index in [1.165, 1.54) is 16.4 Å². The first-order valence-corrected chi connectivity index (χ1v) is 12.0. The first-order chi connectivity index (χ1) is 15.2. The minimum atomic E-state index is -3.91. The lowest BCUT2D eigenvalue weighted by atomic mass is 9.95. The predicted octanol–water partition coefficient (Wildman–Crippen LogP) is 5.46. The molecule has 4 nitrogen and oxygen atoms in total. The van der Waals surface area contributed by atoms with E-state index in [4.69, 9.17) is 11.6 Å². The summed E-state index contributed by atoms with van der Waals surface area (Å²) in [4.78, 5) is 0.170. The fourth-order valence-electron chi connectivity index (χ4n) is 3.92. The fraction of sp³-hybridized carbons (Fsp3) is 0.200. The molecule has 4 rings (SSSR count). The largest absolute Gasteiger partial charge is 0.391 e. The van der Waals surface area contributed by atoms with Crippen LogP contribution >= 0.6 is 11.6 Å². The number of sulfonamides is 1. The van der Waals surface area contributed by atoms with Gasteiger partial charge in [0.1, 0.15) is 5.82 Å². The molecule has 0 amide bonds. The monoisotopic (exact) mass is 471 g/mol. The Kier molecular flexibility index (Phi) is 6.12. The van der Waals surface area contributed by atoms with Crippen molar-refractivity contribution in [3.63, 3.8) is 0 Å². The maximum atomic E-state index is 14.1. The second-order valence-corrected chi connectivity index (χ2v) is 10.2. The topological polar surface area (TPSA) is 57.6 Å². The third-order valence-corrected chi connectivity index (χ3v) is 7.92. The molecule has 0 unspecified atom stereocenters. The number of halogens is 2. The van der Waals surface area contributed by atoms with Gasteiger partial charge in [0.15, 0.2) is 0 Å². The summed E-state index contributed by atoms with van der Waals surface area (Å²) < 4.78 is 42.5. The molecule has 166 valence electrons. The second kappa shape index (κ2) is 8.70. The number of aryl methyl sites for hydroxylation is 1. The molecule has 1 N–H and O–H groups in total. The summed E-state index contributed by atoms with van der Waals surface area (Å²) >= 11 is 6.10. The molecule has 1 aliphatic heterocycles. The number of fused-ring (bicyclic) bond motifs is 1. The lowest BCUT2D eigenvalue weighted by Crippen LogP contribution is -2.49. The van der Waals surface area contributed by atoms with Gasteiger partial charge in [0.2, 0.25) is 0 Å². The van der Waals surface area contributed by atoms with Crippen molar-refractivity contribution in [3.8, 4) is 0 Å². The molecule has 2 atom stereocenters. The van der Waals surface area contributed by atoms with E-state index >= 15 is 0 Å². The van der Waals surface area contributed by atoms with Crippen LogP contribution < -0.4 is 4.31 Å². The highest BCUT2D eigenvalue weighted by Crippen LogP contribution is 2.37. The van der Waals surface area contributed by atoms with Crippen molar-refractivity contribution in [2.75, 3.05) is 4.31 Å². The van der Waals surface area contributed by atoms with Crippen LogP contribution in [0.1, 0.15) is 29.2 Å². The van der Waals surface area contributed by atoms with Gasteiger partial charge in [-0.2, -0.15) is 0 Å². The third-order valence-electron chi connectivity index (χ3n) is 5.69. The van der Waals surface area contributed by atoms with Crippen LogP contribution in [-0.4, -0.2) is 25.7 Å². The molecule has 0 saturated carbocycles. The highest BCUT2D eigenvalue weighted by Gasteiger charge is 2.38. The first-order valence-electron chi connectivity index (χ1n) is 10.2. The maximum absolute atomic E-state index is 14.1. The number of hydrogen-bond acceptors (Lipinski definition) is 3. The van der Waals surface area contributed by atoms with E-state index in [9.17, 15) is 17.9 Å². The maximum Gasteiger partial charge on any atom is 0.264 e. The second-order valence-electron chi connectivity index (χ2n) is 7.99. The van der Waals surface area contributed by atoms with E-state index in [1.807, 2.05) is 19.1 Å². The van der Waals surface area contributed by atoms with Gasteiger partial charge in [0.25, 0.3) is 10.0 Å². The van der Waals surface area contributed by atoms with Crippen molar-refractivity contribution in [3.05, 3.63) is 93.8 Å². The Labute approximate surface area is 192 Å². The first kappa shape index (κ1) is 22.5. The molecule has 3 aromatic carbocycles. The molecule has 0 saturated heterocycles. The zero-order valence-corrected chi connectivity index (χ0v) is 19.2. The molecule has 0 bridgehead atoms. The molecule has 32 heavy (non-hydrogen) atoms. The number of benzene rings is 3. The van der Waals surface area contributed by atoms with Gasteiger partial charge in [0, 0.05) is 12.0 Å². The molecule has 1 aliphatic rings. The van der Waals surface area contributed by atoms with Gasteiger partial charge in [0.05, 0.1) is 27.8 Å². The average Bonchev–Trinajstić information content (AvgIpc) is 2.74. The molecule has 7 heteroatoms. The van der Waals surface area contributed by atoms with Gasteiger partial charge in [-0.05, 0) is 66.9 Å². The van der Waals surface area contributed by atoms with Gasteiger partial charge in [-0.15, -0.1) is 0 Å². The van der Waals surface area contributed by atoms with Crippen LogP contribution in [0, 0.1) is 12.7 Å². The Bertz CT molecular complexity index is 1290. The fourth-order valence-corrected chi connectivity index (χ4v) is 5.97. The van der Waals surface area contributed by atoms with Crippen LogP contribution in [0.2, 0.25) is 5.02 Å². The summed E-state index contributed by atoms with van der Waals surface area (Å²) in [5.74, 6) is -0.438. The zero-order chi connectivity index (χ0) is 23.0. The quantitative estimate of drug-likeness (QED) is 0.514. The summed E-state index contributed by atoms with van der Waals surface area (Å²) in [7, 11) is -3.91. The van der Waals surface area contributed by atoms with E-state index < -0.39 is 28.0 Å². The van der Waals surface area contributed by atoms with Crippen LogP contribution in [0.3, 0.4) is 0 Å². The lowest BCUT2D eigenvalue weighted by Gasteiger charge is -2.39. The number of rotatable bonds is 4. The Hall–Kier alpha value is -2.67. The Morgan fingerprint density at radius 1 is 1.09 bits per heavy atom. The van der Waals surface area contributed by atoms with Crippen LogP contribution in [0.15, 0.2) is 65.6 Å². The SMILES string of the molecule is Cc1cccc(S(=O)(=O)N2c3cc(/C=C/c4c(F)cccc4Cl)ccc3C[C@@H](O)[C@H]2C)c1. The van der Waals surface area contributed by atoms with Gasteiger partial charge < -0.3 is 5.11 Å². The van der Waals surface area contributed by atoms with E-state index in [2.05, 4.69) is 0 Å². The normalized spacial score (nSPS) is 18.7. The lowest BCUT2D eigenvalue weighted by molar-refractivity contribution is 0.147. The molecule has 1 heterocycles. The van der Waals surface area contributed by atoms with Gasteiger partial charge in [-0.25, -0.2) is 12.8 Å². The summed E-state index contributed by atoms with van der Waals surface area (Å²) in [6.07, 6.45) is 2.78. The van der Waals surface area contributed by atoms with Crippen molar-refractivity contribution in [1.29, 1.82) is 0 Å². The smallest absolute Gasteiger partial charge is 0.264 e. The van der Waals surface area contributed by atoms with Gasteiger partial charge in [-0.3, -0.25) is 4.31 Å². The molecule has 0 spiro atoms. The van der Waals surface area contributed by atoms with Crippen molar-refractivity contribution < 1.29 is 17.9 Å². The number of aliphatic hydroxyl groups is 1. The molecular weight excluding hydrogens is 449 g/mol. The van der Waals surface area contributed by atoms with Crippen LogP contribution in [-0.2, 0) is 16.4 Å². The average molecular weight is 472 g/mol. The van der Waals surface area contributed by atoms with E-state index in [1.54, 1.807) is 55.5 Å². The zero-order valence-electron chi connectivity index (χ0n) is 17.7. The Morgan fingerprint density at radius 3 is 2.56 bits per heavy atom. The molecule has 0 radical (unpaired) electrons. The van der Waals surface area contributed by atoms with Gasteiger partial charge >= 0.3 is 0 Å². The third kappa shape index (κ3) is 4.18. The van der Waals surface area contributed by atoms with Crippen LogP contribution in [0.25, 0.3) is 12.2 Å². The number of nitrogens with zero attached hydrogens (tertiary/aromatic N) is 1. The van der Waals surface area contributed by atoms with Crippen molar-refractivity contribution >= 4 is 39.5 Å². The summed E-state index contributed by atoms with van der Waals surface area (Å²) in [6.45, 7) is 3.53. The highest BCUT2D eigenvalue weighted by atomic mass is 35.5. The van der Waals surface area contributed by atoms with Crippen molar-refractivity contribution in [2.24, 2.45) is 0 Å². The van der Waals surface area contributed by atoms with E-state index in [-0.39, 0.29) is 10.5 Å². The van der Waals surface area contributed by atoms with Crippen LogP contribution in [0.5, 0.6) is 0 Å². The van der Waals surface area contributed by atoms with Crippen LogP contribution in [0.4, 0.5) is 10.1 Å². The Balaban J connectivity index is 1.79. The standard InChI is InChI=1S/C25H23ClFNO3S/c1-16-5-3-6-20(13-16)32(30,31)28-17(2)25(29)15-19-11-9-18(14-24(19)28)10-12-21-22(26)7-4-8-23(21)27/h3-14,17,25,29H,15H2,1-2H3/b12-10+/t17-,25-/m1/s1. The van der Waals surface area contributed by atoms with Crippen molar-refractivity contribution in [1.82, 2.24) is 0 Å². The minimum Gasteiger partial charge on any atom is -0.391 e. The van der Waals surface area contributed by atoms with E-state index in [0.717, 1.165) is 11.1 Å². The Morgan fingerprint density at radius 2 is 1.84 bits per heavy atom. The molecule has 0 aliphatic carbocycles. The summed E-state index contributed by atoms with van der Waals surface area (Å²) in [6, 6.07) is 15.9. The molecule has 0 fully saturated rings. The minimum absolute atomic E-state index is 0.170. The highest BCUT2D eigenvalue weighted by molar-refractivity contribution is 7.92. The van der Waals surface area contributed by atoms with Crippen molar-refractivity contribution in [2.45, 2.75) is 37.3 Å². The van der Waals surface area contributed by atoms with Gasteiger partial charge in [-0.1, -0.05) is 48.0 Å². The molecule has 0 aromatic heterocycles. The van der Waals surface area contributed by atoms with E-state index in [0.29, 0.717) is 22.7 Å². The summed E-state index contributed by atoms with van der Waals surface area (Å²) in [5.41, 5.74) is 3.02. The summed E-state index contributed by atoms with van der Waals surface area (Å²) in [5, 5.41) is 10.9.